The number of aryl methyl sites for hydroxylation is 1. The van der Waals surface area contributed by atoms with Crippen LogP contribution < -0.4 is 0 Å². The Kier molecular flexibility index (Phi) is 4.67. The molecule has 0 unspecified atom stereocenters. The lowest BCUT2D eigenvalue weighted by atomic mass is 10.1. The lowest BCUT2D eigenvalue weighted by Crippen LogP contribution is -2.27. The van der Waals surface area contributed by atoms with Crippen LogP contribution in [0.4, 0.5) is 10.5 Å². The molecule has 1 aliphatic heterocycles. The maximum atomic E-state index is 12.5. The van der Waals surface area contributed by atoms with Gasteiger partial charge in [-0.05, 0) is 36.4 Å². The van der Waals surface area contributed by atoms with Crippen LogP contribution in [0.5, 0.6) is 0 Å². The molecule has 25 heavy (non-hydrogen) atoms. The molecule has 0 radical (unpaired) electrons. The van der Waals surface area contributed by atoms with Crippen LogP contribution in [0.25, 0.3) is 6.08 Å². The number of hydrogen-bond donors (Lipinski definition) is 0. The maximum Gasteiger partial charge on any atom is 0.293 e. The number of thioether (sulfide) groups is 1. The molecule has 3 rings (SSSR count). The lowest BCUT2D eigenvalue weighted by molar-refractivity contribution is -0.385. The molecule has 2 aromatic rings. The van der Waals surface area contributed by atoms with E-state index in [0.717, 1.165) is 27.8 Å². The Labute approximate surface area is 148 Å². The molecule has 0 aromatic heterocycles. The first-order valence-corrected chi connectivity index (χ1v) is 8.31. The third kappa shape index (κ3) is 3.61. The topological polar surface area (TPSA) is 80.5 Å². The second-order valence-corrected chi connectivity index (χ2v) is 6.57. The second kappa shape index (κ2) is 6.90. The van der Waals surface area contributed by atoms with Crippen molar-refractivity contribution < 1.29 is 14.5 Å². The molecular weight excluding hydrogens is 340 g/mol. The first-order valence-electron chi connectivity index (χ1n) is 7.50. The van der Waals surface area contributed by atoms with E-state index in [1.807, 2.05) is 31.2 Å². The van der Waals surface area contributed by atoms with E-state index in [2.05, 4.69) is 0 Å². The molecule has 6 nitrogen and oxygen atoms in total. The highest BCUT2D eigenvalue weighted by molar-refractivity contribution is 8.18. The van der Waals surface area contributed by atoms with Crippen LogP contribution in [0, 0.1) is 17.0 Å². The number of benzene rings is 2. The highest BCUT2D eigenvalue weighted by Crippen LogP contribution is 2.34. The van der Waals surface area contributed by atoms with Gasteiger partial charge in [-0.2, -0.15) is 0 Å². The van der Waals surface area contributed by atoms with Crippen molar-refractivity contribution in [3.63, 3.8) is 0 Å². The van der Waals surface area contributed by atoms with E-state index in [1.165, 1.54) is 12.1 Å². The summed E-state index contributed by atoms with van der Waals surface area (Å²) in [7, 11) is 0. The smallest absolute Gasteiger partial charge is 0.268 e. The molecule has 1 heterocycles. The van der Waals surface area contributed by atoms with Gasteiger partial charge in [0, 0.05) is 6.07 Å². The fourth-order valence-corrected chi connectivity index (χ4v) is 3.38. The van der Waals surface area contributed by atoms with Crippen LogP contribution in [0.3, 0.4) is 0 Å². The zero-order valence-electron chi connectivity index (χ0n) is 13.3. The minimum Gasteiger partial charge on any atom is -0.268 e. The molecule has 1 fully saturated rings. The molecule has 0 aliphatic carbocycles. The maximum absolute atomic E-state index is 12.5. The summed E-state index contributed by atoms with van der Waals surface area (Å²) in [5.41, 5.74) is 2.09. The van der Waals surface area contributed by atoms with Gasteiger partial charge in [0.1, 0.15) is 0 Å². The van der Waals surface area contributed by atoms with Crippen molar-refractivity contribution in [2.24, 2.45) is 0 Å². The van der Waals surface area contributed by atoms with Crippen molar-refractivity contribution in [1.29, 1.82) is 0 Å². The number of amides is 2. The summed E-state index contributed by atoms with van der Waals surface area (Å²) >= 11 is 0.796. The van der Waals surface area contributed by atoms with E-state index >= 15 is 0 Å². The Morgan fingerprint density at radius 1 is 1.16 bits per heavy atom. The quantitative estimate of drug-likeness (QED) is 0.468. The first kappa shape index (κ1) is 16.9. The minimum absolute atomic E-state index is 0.104. The molecule has 0 N–H and O–H groups in total. The zero-order valence-corrected chi connectivity index (χ0v) is 14.2. The van der Waals surface area contributed by atoms with E-state index in [-0.39, 0.29) is 22.4 Å². The molecule has 0 atom stereocenters. The number of carbonyl (C=O) groups excluding carboxylic acids is 2. The van der Waals surface area contributed by atoms with Gasteiger partial charge >= 0.3 is 0 Å². The highest BCUT2D eigenvalue weighted by atomic mass is 32.2. The van der Waals surface area contributed by atoms with E-state index in [1.54, 1.807) is 18.2 Å². The molecular formula is C18H14N2O4S. The van der Waals surface area contributed by atoms with Crippen molar-refractivity contribution in [3.05, 3.63) is 80.2 Å². The lowest BCUT2D eigenvalue weighted by Gasteiger charge is -2.12. The molecule has 2 aromatic carbocycles. The largest absolute Gasteiger partial charge is 0.293 e. The number of carbonyl (C=O) groups is 2. The molecule has 126 valence electrons. The van der Waals surface area contributed by atoms with Crippen molar-refractivity contribution in [3.8, 4) is 0 Å². The number of nitro benzene ring substituents is 1. The van der Waals surface area contributed by atoms with E-state index in [9.17, 15) is 19.7 Å². The number of para-hydroxylation sites is 1. The van der Waals surface area contributed by atoms with Gasteiger partial charge in [0.2, 0.25) is 0 Å². The van der Waals surface area contributed by atoms with Gasteiger partial charge in [-0.25, -0.2) is 0 Å². The summed E-state index contributed by atoms with van der Waals surface area (Å²) in [4.78, 5) is 36.6. The molecule has 2 amide bonds. The van der Waals surface area contributed by atoms with Crippen LogP contribution in [-0.4, -0.2) is 21.0 Å². The summed E-state index contributed by atoms with van der Waals surface area (Å²) in [5, 5.41) is 10.7. The molecule has 7 heteroatoms. The summed E-state index contributed by atoms with van der Waals surface area (Å²) in [6.45, 7) is 2.12. The van der Waals surface area contributed by atoms with Crippen LogP contribution >= 0.6 is 11.8 Å². The zero-order chi connectivity index (χ0) is 18.0. The predicted molar refractivity (Wildman–Crippen MR) is 95.8 cm³/mol. The van der Waals surface area contributed by atoms with Gasteiger partial charge in [0.05, 0.1) is 21.9 Å². The third-order valence-electron chi connectivity index (χ3n) is 3.72. The van der Waals surface area contributed by atoms with Crippen molar-refractivity contribution >= 4 is 34.7 Å². The van der Waals surface area contributed by atoms with Gasteiger partial charge in [0.15, 0.2) is 0 Å². The summed E-state index contributed by atoms with van der Waals surface area (Å²) in [6, 6.07) is 13.7. The summed E-state index contributed by atoms with van der Waals surface area (Å²) in [6.07, 6.45) is 1.40. The number of rotatable bonds is 4. The van der Waals surface area contributed by atoms with E-state index in [4.69, 9.17) is 0 Å². The number of hydrogen-bond acceptors (Lipinski definition) is 5. The van der Waals surface area contributed by atoms with E-state index < -0.39 is 10.8 Å². The average Bonchev–Trinajstić information content (AvgIpc) is 2.83. The third-order valence-corrected chi connectivity index (χ3v) is 4.62. The molecule has 0 spiro atoms. The normalized spacial score (nSPS) is 15.9. The number of imide groups is 1. The SMILES string of the molecule is Cc1cccc(CN2C(=O)S/C(=C/c3ccccc3[N+](=O)[O-])C2=O)c1. The Bertz CT molecular complexity index is 907. The van der Waals surface area contributed by atoms with Gasteiger partial charge < -0.3 is 0 Å². The molecule has 0 bridgehead atoms. The number of nitrogens with zero attached hydrogens (tertiary/aromatic N) is 2. The van der Waals surface area contributed by atoms with Crippen LogP contribution in [0.1, 0.15) is 16.7 Å². The van der Waals surface area contributed by atoms with Gasteiger partial charge in [0.25, 0.3) is 16.8 Å². The monoisotopic (exact) mass is 354 g/mol. The fourth-order valence-electron chi connectivity index (χ4n) is 2.55. The Morgan fingerprint density at radius 2 is 1.92 bits per heavy atom. The molecule has 1 saturated heterocycles. The standard InChI is InChI=1S/C18H14N2O4S/c1-12-5-4-6-13(9-12)11-19-17(21)16(25-18(19)22)10-14-7-2-3-8-15(14)20(23)24/h2-10H,11H2,1H3/b16-10+. The minimum atomic E-state index is -0.511. The molecule has 0 saturated carbocycles. The van der Waals surface area contributed by atoms with E-state index in [0.29, 0.717) is 5.56 Å². The van der Waals surface area contributed by atoms with Gasteiger partial charge in [-0.3, -0.25) is 24.6 Å². The summed E-state index contributed by atoms with van der Waals surface area (Å²) < 4.78 is 0. The Hall–Kier alpha value is -2.93. The number of nitro groups is 1. The molecule has 1 aliphatic rings. The second-order valence-electron chi connectivity index (χ2n) is 5.57. The average molecular weight is 354 g/mol. The Balaban J connectivity index is 1.88. The first-order chi connectivity index (χ1) is 12.0. The van der Waals surface area contributed by atoms with Crippen LogP contribution in [0.2, 0.25) is 0 Å². The highest BCUT2D eigenvalue weighted by Gasteiger charge is 2.35. The van der Waals surface area contributed by atoms with Crippen LogP contribution in [-0.2, 0) is 11.3 Å². The fraction of sp³-hybridized carbons (Fsp3) is 0.111. The van der Waals surface area contributed by atoms with Crippen LogP contribution in [0.15, 0.2) is 53.4 Å². The summed E-state index contributed by atoms with van der Waals surface area (Å²) in [5.74, 6) is -0.436. The van der Waals surface area contributed by atoms with Gasteiger partial charge in [-0.1, -0.05) is 42.0 Å². The van der Waals surface area contributed by atoms with Crippen molar-refractivity contribution in [2.45, 2.75) is 13.5 Å². The van der Waals surface area contributed by atoms with Crippen molar-refractivity contribution in [2.75, 3.05) is 0 Å². The Morgan fingerprint density at radius 3 is 2.64 bits per heavy atom. The van der Waals surface area contributed by atoms with Gasteiger partial charge in [-0.15, -0.1) is 0 Å². The predicted octanol–water partition coefficient (Wildman–Crippen LogP) is 4.14. The van der Waals surface area contributed by atoms with Crippen molar-refractivity contribution in [1.82, 2.24) is 4.90 Å².